The molecule has 2 fully saturated rings. The van der Waals surface area contributed by atoms with Crippen LogP contribution in [0.1, 0.15) is 43.0 Å². The van der Waals surface area contributed by atoms with Gasteiger partial charge >= 0.3 is 0 Å². The third-order valence-electron chi connectivity index (χ3n) is 4.99. The Morgan fingerprint density at radius 3 is 2.27 bits per heavy atom. The highest BCUT2D eigenvalue weighted by Gasteiger charge is 2.36. The topological polar surface area (TPSA) is 80.5 Å². The Labute approximate surface area is 131 Å². The fourth-order valence-corrected chi connectivity index (χ4v) is 4.60. The Hall–Kier alpha value is -1.40. The summed E-state index contributed by atoms with van der Waals surface area (Å²) in [5.41, 5.74) is 1.02. The Morgan fingerprint density at radius 2 is 1.77 bits per heavy atom. The fourth-order valence-electron chi connectivity index (χ4n) is 3.82. The predicted molar refractivity (Wildman–Crippen MR) is 85.5 cm³/mol. The van der Waals surface area contributed by atoms with E-state index in [1.807, 2.05) is 0 Å². The summed E-state index contributed by atoms with van der Waals surface area (Å²) >= 11 is 0. The van der Waals surface area contributed by atoms with Gasteiger partial charge in [-0.2, -0.15) is 0 Å². The average Bonchev–Trinajstić information content (AvgIpc) is 2.89. The molecule has 1 aliphatic carbocycles. The highest BCUT2D eigenvalue weighted by atomic mass is 32.2. The quantitative estimate of drug-likeness (QED) is 0.865. The maximum Gasteiger partial charge on any atom is 0.240 e. The predicted octanol–water partition coefficient (Wildman–Crippen LogP) is 2.16. The Bertz CT molecular complexity index is 685. The fraction of sp³-hybridized carbons (Fsp3) is 0.562. The van der Waals surface area contributed by atoms with Crippen molar-refractivity contribution < 1.29 is 13.2 Å². The van der Waals surface area contributed by atoms with Crippen molar-refractivity contribution in [3.05, 3.63) is 23.8 Å². The summed E-state index contributed by atoms with van der Waals surface area (Å²) < 4.78 is 23.9. The molecule has 0 unspecified atom stereocenters. The minimum atomic E-state index is -3.85. The molecule has 6 heteroatoms. The van der Waals surface area contributed by atoms with E-state index >= 15 is 0 Å². The van der Waals surface area contributed by atoms with Gasteiger partial charge in [-0.25, -0.2) is 13.6 Å². The number of hydrogen-bond acceptors (Lipinski definition) is 4. The van der Waals surface area contributed by atoms with E-state index in [4.69, 9.17) is 5.14 Å². The molecule has 0 spiro atoms. The first-order valence-corrected chi connectivity index (χ1v) is 9.33. The second-order valence-electron chi connectivity index (χ2n) is 6.49. The lowest BCUT2D eigenvalue weighted by Gasteiger charge is -2.22. The van der Waals surface area contributed by atoms with Crippen LogP contribution < -0.4 is 10.0 Å². The maximum atomic E-state index is 11.9. The Morgan fingerprint density at radius 1 is 1.18 bits per heavy atom. The molecule has 0 radical (unpaired) electrons. The number of primary sulfonamides is 1. The molecule has 1 aliphatic heterocycles. The molecule has 1 aromatic rings. The molecule has 2 atom stereocenters. The first kappa shape index (κ1) is 15.5. The molecule has 120 valence electrons. The van der Waals surface area contributed by atoms with Crippen LogP contribution in [0.4, 0.5) is 5.69 Å². The minimum Gasteiger partial charge on any atom is -0.370 e. The molecule has 1 aromatic carbocycles. The highest BCUT2D eigenvalue weighted by Crippen LogP contribution is 2.39. The zero-order valence-electron chi connectivity index (χ0n) is 12.8. The van der Waals surface area contributed by atoms with Crippen molar-refractivity contribution in [2.75, 3.05) is 18.0 Å². The Kier molecular flexibility index (Phi) is 3.99. The average molecular weight is 322 g/mol. The van der Waals surface area contributed by atoms with E-state index in [0.717, 1.165) is 13.1 Å². The van der Waals surface area contributed by atoms with Crippen LogP contribution in [0.15, 0.2) is 23.1 Å². The maximum absolute atomic E-state index is 11.9. The van der Waals surface area contributed by atoms with Gasteiger partial charge in [0, 0.05) is 18.7 Å². The number of sulfonamides is 1. The Balaban J connectivity index is 1.98. The number of ketones is 1. The second kappa shape index (κ2) is 5.66. The van der Waals surface area contributed by atoms with E-state index in [0.29, 0.717) is 23.1 Å². The largest absolute Gasteiger partial charge is 0.370 e. The molecule has 22 heavy (non-hydrogen) atoms. The number of carbonyl (C=O) groups is 1. The number of benzene rings is 1. The van der Waals surface area contributed by atoms with Crippen LogP contribution in [0, 0.1) is 11.8 Å². The summed E-state index contributed by atoms with van der Waals surface area (Å²) in [5, 5.41) is 5.38. The van der Waals surface area contributed by atoms with Gasteiger partial charge in [0.15, 0.2) is 5.78 Å². The number of nitrogens with two attached hydrogens (primary N) is 1. The number of fused-ring (bicyclic) bond motifs is 1. The minimum absolute atomic E-state index is 0.0684. The van der Waals surface area contributed by atoms with Gasteiger partial charge in [-0.05, 0) is 49.8 Å². The molecule has 3 rings (SSSR count). The van der Waals surface area contributed by atoms with Gasteiger partial charge in [-0.1, -0.05) is 12.8 Å². The van der Waals surface area contributed by atoms with E-state index in [1.165, 1.54) is 38.7 Å². The lowest BCUT2D eigenvalue weighted by Crippen LogP contribution is -2.24. The van der Waals surface area contributed by atoms with Crippen molar-refractivity contribution in [3.63, 3.8) is 0 Å². The van der Waals surface area contributed by atoms with Crippen LogP contribution in [0.3, 0.4) is 0 Å². The molecule has 5 nitrogen and oxygen atoms in total. The summed E-state index contributed by atoms with van der Waals surface area (Å²) in [6.07, 6.45) is 4.97. The first-order valence-electron chi connectivity index (χ1n) is 7.79. The van der Waals surface area contributed by atoms with Crippen LogP contribution in [0.5, 0.6) is 0 Å². The summed E-state index contributed by atoms with van der Waals surface area (Å²) in [6, 6.07) is 4.83. The summed E-state index contributed by atoms with van der Waals surface area (Å²) in [4.78, 5) is 13.7. The lowest BCUT2D eigenvalue weighted by molar-refractivity contribution is 0.101. The molecule has 2 aliphatic rings. The van der Waals surface area contributed by atoms with Crippen molar-refractivity contribution in [1.82, 2.24) is 0 Å². The summed E-state index contributed by atoms with van der Waals surface area (Å²) in [6.45, 7) is 3.19. The number of hydrogen-bond donors (Lipinski definition) is 1. The molecule has 2 N–H and O–H groups in total. The molecule has 0 bridgehead atoms. The molecule has 1 heterocycles. The number of rotatable bonds is 3. The number of anilines is 1. The van der Waals surface area contributed by atoms with Gasteiger partial charge in [-0.3, -0.25) is 4.79 Å². The van der Waals surface area contributed by atoms with Gasteiger partial charge in [0.25, 0.3) is 0 Å². The summed E-state index contributed by atoms with van der Waals surface area (Å²) in [5.74, 6) is 1.13. The molecule has 0 amide bonds. The second-order valence-corrected chi connectivity index (χ2v) is 8.02. The van der Waals surface area contributed by atoms with E-state index in [-0.39, 0.29) is 10.7 Å². The van der Waals surface area contributed by atoms with E-state index < -0.39 is 10.0 Å². The van der Waals surface area contributed by atoms with Crippen molar-refractivity contribution in [1.29, 1.82) is 0 Å². The van der Waals surface area contributed by atoms with Crippen LogP contribution in [-0.2, 0) is 10.0 Å². The van der Waals surface area contributed by atoms with Gasteiger partial charge in [-0.15, -0.1) is 0 Å². The zero-order chi connectivity index (χ0) is 15.9. The SMILES string of the molecule is CC(=O)c1ccc(N2C[C@H]3CCCC[C@@H]3C2)c(S(N)(=O)=O)c1. The third kappa shape index (κ3) is 2.90. The van der Waals surface area contributed by atoms with Crippen LogP contribution in [0.2, 0.25) is 0 Å². The monoisotopic (exact) mass is 322 g/mol. The zero-order valence-corrected chi connectivity index (χ0v) is 13.6. The first-order chi connectivity index (χ1) is 10.4. The molecule has 1 saturated heterocycles. The molecule has 0 aromatic heterocycles. The molecular formula is C16H22N2O3S. The van der Waals surface area contributed by atoms with Gasteiger partial charge in [0.2, 0.25) is 10.0 Å². The molecular weight excluding hydrogens is 300 g/mol. The standard InChI is InChI=1S/C16H22N2O3S/c1-11(19)12-6-7-15(16(8-12)22(17,20)21)18-9-13-4-2-3-5-14(13)10-18/h6-8,13-14H,2-5,9-10H2,1H3,(H2,17,20,21)/t13-,14-/m1/s1. The van der Waals surface area contributed by atoms with Gasteiger partial charge in [0.1, 0.15) is 4.90 Å². The lowest BCUT2D eigenvalue weighted by atomic mass is 9.82. The normalized spacial score (nSPS) is 25.1. The van der Waals surface area contributed by atoms with Gasteiger partial charge < -0.3 is 4.90 Å². The number of nitrogens with zero attached hydrogens (tertiary/aromatic N) is 1. The van der Waals surface area contributed by atoms with Crippen molar-refractivity contribution in [2.24, 2.45) is 17.0 Å². The van der Waals surface area contributed by atoms with Crippen LogP contribution in [-0.4, -0.2) is 27.3 Å². The molecule has 1 saturated carbocycles. The number of Topliss-reactive ketones (excluding diaryl/α,β-unsaturated/α-hetero) is 1. The van der Waals surface area contributed by atoms with Crippen molar-refractivity contribution in [2.45, 2.75) is 37.5 Å². The third-order valence-corrected chi connectivity index (χ3v) is 5.93. The van der Waals surface area contributed by atoms with Gasteiger partial charge in [0.05, 0.1) is 5.69 Å². The van der Waals surface area contributed by atoms with Crippen LogP contribution >= 0.6 is 0 Å². The van der Waals surface area contributed by atoms with E-state index in [2.05, 4.69) is 4.90 Å². The van der Waals surface area contributed by atoms with Crippen molar-refractivity contribution in [3.8, 4) is 0 Å². The summed E-state index contributed by atoms with van der Waals surface area (Å²) in [7, 11) is -3.85. The van der Waals surface area contributed by atoms with Crippen LogP contribution in [0.25, 0.3) is 0 Å². The number of carbonyl (C=O) groups excluding carboxylic acids is 1. The smallest absolute Gasteiger partial charge is 0.240 e. The highest BCUT2D eigenvalue weighted by molar-refractivity contribution is 7.89. The van der Waals surface area contributed by atoms with E-state index in [9.17, 15) is 13.2 Å². The van der Waals surface area contributed by atoms with E-state index in [1.54, 1.807) is 12.1 Å². The van der Waals surface area contributed by atoms with Crippen molar-refractivity contribution >= 4 is 21.5 Å².